The number of aliphatic carboxylic acids is 1. The molecule has 0 aliphatic carbocycles. The van der Waals surface area contributed by atoms with Gasteiger partial charge in [0.1, 0.15) is 17.6 Å². The maximum Gasteiger partial charge on any atom is 0.329 e. The molecular weight excluding hydrogens is 536 g/mol. The molecule has 6 aromatic rings. The standard InChI is InChI=1S/C16H18N4O3.C14H16N4O/c1-2-10(7-23-8-13(21)22)20-9-18-14-15(20)11-5-3-4-6-12(11)19-16(14)17;1-2-9(7-19)18-8-16-12-13(18)10-5-3-4-6-11(10)17-14(12)15/h3-6,9-10H,2,7-8H2,1H3,(H2,17,19)(H,21,22);3-6,8-9,19H,2,7H2,1H3,(H2,15,17). The number of rotatable bonds is 9. The molecule has 218 valence electrons. The van der Waals surface area contributed by atoms with Gasteiger partial charge in [0, 0.05) is 10.8 Å². The lowest BCUT2D eigenvalue weighted by molar-refractivity contribution is -0.142. The van der Waals surface area contributed by atoms with Gasteiger partial charge in [-0.15, -0.1) is 0 Å². The molecule has 6 N–H and O–H groups in total. The first-order chi connectivity index (χ1) is 20.4. The number of ether oxygens (including phenoxy) is 1. The van der Waals surface area contributed by atoms with Crippen molar-refractivity contribution in [3.63, 3.8) is 0 Å². The molecule has 0 aliphatic heterocycles. The Hall–Kier alpha value is -4.81. The van der Waals surface area contributed by atoms with E-state index < -0.39 is 5.97 Å². The van der Waals surface area contributed by atoms with Crippen molar-refractivity contribution in [2.45, 2.75) is 38.8 Å². The number of anilines is 2. The maximum absolute atomic E-state index is 10.6. The molecule has 4 heterocycles. The molecule has 42 heavy (non-hydrogen) atoms. The summed E-state index contributed by atoms with van der Waals surface area (Å²) >= 11 is 0. The van der Waals surface area contributed by atoms with Gasteiger partial charge < -0.3 is 35.6 Å². The summed E-state index contributed by atoms with van der Waals surface area (Å²) in [6.07, 6.45) is 5.06. The number of nitrogens with zero attached hydrogens (tertiary/aromatic N) is 6. The quantitative estimate of drug-likeness (QED) is 0.195. The van der Waals surface area contributed by atoms with Gasteiger partial charge in [-0.05, 0) is 25.0 Å². The Bertz CT molecular complexity index is 1860. The van der Waals surface area contributed by atoms with E-state index in [0.717, 1.165) is 45.7 Å². The van der Waals surface area contributed by atoms with Gasteiger partial charge in [-0.1, -0.05) is 50.2 Å². The van der Waals surface area contributed by atoms with Crippen LogP contribution in [0.15, 0.2) is 61.2 Å². The topological polar surface area (TPSA) is 180 Å². The van der Waals surface area contributed by atoms with Gasteiger partial charge in [-0.2, -0.15) is 0 Å². The molecule has 0 saturated carbocycles. The van der Waals surface area contributed by atoms with Crippen molar-refractivity contribution >= 4 is 61.5 Å². The van der Waals surface area contributed by atoms with E-state index in [9.17, 15) is 9.90 Å². The highest BCUT2D eigenvalue weighted by molar-refractivity contribution is 6.07. The van der Waals surface area contributed by atoms with Crippen molar-refractivity contribution in [2.75, 3.05) is 31.3 Å². The second-order valence-electron chi connectivity index (χ2n) is 9.94. The second-order valence-corrected chi connectivity index (χ2v) is 9.94. The van der Waals surface area contributed by atoms with Crippen LogP contribution in [0.2, 0.25) is 0 Å². The van der Waals surface area contributed by atoms with Crippen molar-refractivity contribution < 1.29 is 19.7 Å². The number of nitrogen functional groups attached to an aromatic ring is 2. The van der Waals surface area contributed by atoms with E-state index in [4.69, 9.17) is 21.3 Å². The molecule has 0 amide bonds. The van der Waals surface area contributed by atoms with E-state index in [2.05, 4.69) is 19.9 Å². The third-order valence-corrected chi connectivity index (χ3v) is 7.35. The second kappa shape index (κ2) is 12.4. The first kappa shape index (κ1) is 28.7. The summed E-state index contributed by atoms with van der Waals surface area (Å²) in [5, 5.41) is 20.2. The molecule has 2 aromatic carbocycles. The van der Waals surface area contributed by atoms with Crippen LogP contribution in [-0.2, 0) is 9.53 Å². The molecule has 0 spiro atoms. The number of nitrogens with two attached hydrogens (primary N) is 2. The molecule has 2 atom stereocenters. The summed E-state index contributed by atoms with van der Waals surface area (Å²) in [6.45, 7) is 4.13. The molecule has 0 aliphatic rings. The van der Waals surface area contributed by atoms with Gasteiger partial charge in [0.2, 0.25) is 0 Å². The van der Waals surface area contributed by atoms with Crippen molar-refractivity contribution in [1.29, 1.82) is 0 Å². The lowest BCUT2D eigenvalue weighted by Crippen LogP contribution is -2.17. The van der Waals surface area contributed by atoms with Crippen molar-refractivity contribution in [3.05, 3.63) is 61.2 Å². The molecule has 12 nitrogen and oxygen atoms in total. The number of pyridine rings is 2. The average molecular weight is 571 g/mol. The van der Waals surface area contributed by atoms with E-state index in [1.165, 1.54) is 0 Å². The lowest BCUT2D eigenvalue weighted by atomic mass is 10.1. The fourth-order valence-corrected chi connectivity index (χ4v) is 5.18. The number of hydrogen-bond donors (Lipinski definition) is 4. The molecule has 12 heteroatoms. The van der Waals surface area contributed by atoms with Gasteiger partial charge in [0.05, 0.1) is 60.0 Å². The summed E-state index contributed by atoms with van der Waals surface area (Å²) in [5.74, 6) is -0.159. The van der Waals surface area contributed by atoms with Gasteiger partial charge in [0.25, 0.3) is 0 Å². The van der Waals surface area contributed by atoms with Crippen molar-refractivity contribution in [1.82, 2.24) is 29.1 Å². The van der Waals surface area contributed by atoms with Crippen molar-refractivity contribution in [3.8, 4) is 0 Å². The minimum atomic E-state index is -0.978. The number of para-hydroxylation sites is 2. The molecular formula is C30H34N8O4. The van der Waals surface area contributed by atoms with E-state index in [1.54, 1.807) is 12.7 Å². The summed E-state index contributed by atoms with van der Waals surface area (Å²) in [4.78, 5) is 28.1. The van der Waals surface area contributed by atoms with E-state index in [1.807, 2.05) is 71.5 Å². The number of fused-ring (bicyclic) bond motifs is 6. The smallest absolute Gasteiger partial charge is 0.329 e. The number of aliphatic hydroxyl groups is 1. The number of aliphatic hydroxyl groups excluding tert-OH is 1. The first-order valence-corrected chi connectivity index (χ1v) is 13.8. The van der Waals surface area contributed by atoms with E-state index >= 15 is 0 Å². The number of carbonyl (C=O) groups is 1. The van der Waals surface area contributed by atoms with E-state index in [-0.39, 0.29) is 25.3 Å². The van der Waals surface area contributed by atoms with Crippen LogP contribution in [0.25, 0.3) is 43.9 Å². The van der Waals surface area contributed by atoms with Crippen LogP contribution in [0.4, 0.5) is 11.6 Å². The Balaban J connectivity index is 0.000000171. The Morgan fingerprint density at radius 3 is 1.76 bits per heavy atom. The lowest BCUT2D eigenvalue weighted by Gasteiger charge is -2.18. The largest absolute Gasteiger partial charge is 0.480 e. The predicted octanol–water partition coefficient (Wildman–Crippen LogP) is 4.33. The average Bonchev–Trinajstić information content (AvgIpc) is 3.63. The normalized spacial score (nSPS) is 12.9. The molecule has 2 unspecified atom stereocenters. The number of hydrogen-bond acceptors (Lipinski definition) is 9. The van der Waals surface area contributed by atoms with Crippen LogP contribution >= 0.6 is 0 Å². The van der Waals surface area contributed by atoms with Crippen LogP contribution in [0, 0.1) is 0 Å². The molecule has 0 bridgehead atoms. The number of aromatic nitrogens is 6. The minimum absolute atomic E-state index is 0.00945. The minimum Gasteiger partial charge on any atom is -0.480 e. The zero-order valence-electron chi connectivity index (χ0n) is 23.5. The predicted molar refractivity (Wildman–Crippen MR) is 163 cm³/mol. The summed E-state index contributed by atoms with van der Waals surface area (Å²) in [7, 11) is 0. The Morgan fingerprint density at radius 1 is 0.833 bits per heavy atom. The number of carboxylic acids is 1. The molecule has 0 fully saturated rings. The fraction of sp³-hybridized carbons (Fsp3) is 0.300. The van der Waals surface area contributed by atoms with Gasteiger partial charge in [-0.25, -0.2) is 24.7 Å². The Kier molecular flexibility index (Phi) is 8.46. The first-order valence-electron chi connectivity index (χ1n) is 13.8. The summed E-state index contributed by atoms with van der Waals surface area (Å²) < 4.78 is 9.26. The number of benzene rings is 2. The van der Waals surface area contributed by atoms with Crippen molar-refractivity contribution in [2.24, 2.45) is 0 Å². The summed E-state index contributed by atoms with van der Waals surface area (Å²) in [5.41, 5.74) is 16.8. The van der Waals surface area contributed by atoms with Gasteiger partial charge in [-0.3, -0.25) is 0 Å². The highest BCUT2D eigenvalue weighted by atomic mass is 16.5. The fourth-order valence-electron chi connectivity index (χ4n) is 5.18. The number of carboxylic acid groups (broad SMARTS) is 1. The van der Waals surface area contributed by atoms with Crippen LogP contribution in [0.3, 0.4) is 0 Å². The van der Waals surface area contributed by atoms with Crippen LogP contribution in [0.5, 0.6) is 0 Å². The Labute approximate surface area is 241 Å². The SMILES string of the molecule is CCC(CO)n1cnc2c(N)nc3ccccc3c21.CCC(COCC(=O)O)n1cnc2c(N)nc3ccccc3c21. The van der Waals surface area contributed by atoms with Crippen LogP contribution in [-0.4, -0.2) is 65.1 Å². The third-order valence-electron chi connectivity index (χ3n) is 7.35. The van der Waals surface area contributed by atoms with Crippen LogP contribution in [0.1, 0.15) is 38.8 Å². The molecule has 4 aromatic heterocycles. The zero-order valence-corrected chi connectivity index (χ0v) is 23.5. The molecule has 0 radical (unpaired) electrons. The van der Waals surface area contributed by atoms with Crippen LogP contribution < -0.4 is 11.5 Å². The molecule has 6 rings (SSSR count). The number of imidazole rings is 2. The highest BCUT2D eigenvalue weighted by Crippen LogP contribution is 2.31. The van der Waals surface area contributed by atoms with E-state index in [0.29, 0.717) is 29.3 Å². The maximum atomic E-state index is 10.6. The Morgan fingerprint density at radius 2 is 1.31 bits per heavy atom. The molecule has 0 saturated heterocycles. The van der Waals surface area contributed by atoms with Gasteiger partial charge >= 0.3 is 5.97 Å². The third kappa shape index (κ3) is 5.41. The highest BCUT2D eigenvalue weighted by Gasteiger charge is 2.18. The monoisotopic (exact) mass is 570 g/mol. The summed E-state index contributed by atoms with van der Waals surface area (Å²) in [6, 6.07) is 15.6. The van der Waals surface area contributed by atoms with Gasteiger partial charge in [0.15, 0.2) is 11.6 Å². The zero-order chi connectivity index (χ0) is 29.8.